The number of aryl methyl sites for hydroxylation is 2. The van der Waals surface area contributed by atoms with Gasteiger partial charge in [-0.25, -0.2) is 9.97 Å². The van der Waals surface area contributed by atoms with Crippen LogP contribution in [0.15, 0.2) is 54.6 Å². The summed E-state index contributed by atoms with van der Waals surface area (Å²) < 4.78 is 0. The number of imide groups is 1. The molecular formula is C23H21N5O3. The number of anilines is 3. The second-order valence-corrected chi connectivity index (χ2v) is 7.28. The molecule has 31 heavy (non-hydrogen) atoms. The molecule has 0 saturated heterocycles. The molecule has 0 radical (unpaired) electrons. The normalized spacial score (nSPS) is 12.6. The van der Waals surface area contributed by atoms with Crippen molar-refractivity contribution in [3.8, 4) is 0 Å². The summed E-state index contributed by atoms with van der Waals surface area (Å²) in [6, 6.07) is 15.7. The molecule has 2 aromatic carbocycles. The van der Waals surface area contributed by atoms with E-state index in [0.29, 0.717) is 22.8 Å². The van der Waals surface area contributed by atoms with E-state index < -0.39 is 0 Å². The lowest BCUT2D eigenvalue weighted by atomic mass is 10.1. The Morgan fingerprint density at radius 1 is 0.871 bits per heavy atom. The van der Waals surface area contributed by atoms with Crippen molar-refractivity contribution in [2.24, 2.45) is 0 Å². The van der Waals surface area contributed by atoms with Crippen LogP contribution in [0.1, 0.15) is 38.5 Å². The Bertz CT molecular complexity index is 1120. The van der Waals surface area contributed by atoms with Crippen LogP contribution in [0.4, 0.5) is 17.3 Å². The van der Waals surface area contributed by atoms with Crippen LogP contribution in [0.5, 0.6) is 0 Å². The van der Waals surface area contributed by atoms with Crippen molar-refractivity contribution in [1.82, 2.24) is 14.9 Å². The van der Waals surface area contributed by atoms with Crippen LogP contribution in [-0.4, -0.2) is 39.1 Å². The van der Waals surface area contributed by atoms with E-state index in [0.717, 1.165) is 22.0 Å². The lowest BCUT2D eigenvalue weighted by molar-refractivity contribution is -0.116. The number of fused-ring (bicyclic) bond motifs is 1. The molecule has 0 saturated carbocycles. The van der Waals surface area contributed by atoms with Gasteiger partial charge in [0.1, 0.15) is 0 Å². The highest BCUT2D eigenvalue weighted by Crippen LogP contribution is 2.23. The van der Waals surface area contributed by atoms with Crippen LogP contribution in [0.3, 0.4) is 0 Å². The Kier molecular flexibility index (Phi) is 5.44. The first-order valence-electron chi connectivity index (χ1n) is 9.85. The fourth-order valence-corrected chi connectivity index (χ4v) is 3.43. The zero-order valence-electron chi connectivity index (χ0n) is 17.2. The Balaban J connectivity index is 1.32. The average molecular weight is 415 g/mol. The summed E-state index contributed by atoms with van der Waals surface area (Å²) in [5.41, 5.74) is 3.90. The van der Waals surface area contributed by atoms with Gasteiger partial charge in [0.25, 0.3) is 11.8 Å². The minimum atomic E-state index is -0.363. The van der Waals surface area contributed by atoms with Gasteiger partial charge in [-0.15, -0.1) is 0 Å². The quantitative estimate of drug-likeness (QED) is 0.598. The molecule has 4 rings (SSSR count). The Labute approximate surface area is 179 Å². The number of rotatable bonds is 6. The second-order valence-electron chi connectivity index (χ2n) is 7.28. The third kappa shape index (κ3) is 4.42. The lowest BCUT2D eigenvalue weighted by Crippen LogP contribution is -2.32. The molecule has 2 heterocycles. The minimum absolute atomic E-state index is 0.0158. The number of aromatic nitrogens is 2. The van der Waals surface area contributed by atoms with Gasteiger partial charge in [0, 0.05) is 35.7 Å². The first kappa shape index (κ1) is 20.2. The number of hydrogen-bond acceptors (Lipinski definition) is 6. The fourth-order valence-electron chi connectivity index (χ4n) is 3.43. The van der Waals surface area contributed by atoms with Gasteiger partial charge >= 0.3 is 0 Å². The summed E-state index contributed by atoms with van der Waals surface area (Å²) in [7, 11) is 0. The number of hydrogen-bond donors (Lipinski definition) is 2. The standard InChI is InChI=1S/C23H21N5O3/c1-14-13-15(2)25-23(24-14)27-17-9-7-16(8-10-17)26-20(29)11-12-28-21(30)18-5-3-4-6-19(18)22(28)31/h3-10,13H,11-12H2,1-2H3,(H,26,29)(H,24,25,27). The SMILES string of the molecule is Cc1cc(C)nc(Nc2ccc(NC(=O)CCN3C(=O)c4ccccc4C3=O)cc2)n1. The van der Waals surface area contributed by atoms with Crippen molar-refractivity contribution in [2.75, 3.05) is 17.2 Å². The van der Waals surface area contributed by atoms with Gasteiger partial charge in [-0.05, 0) is 56.3 Å². The van der Waals surface area contributed by atoms with Crippen molar-refractivity contribution < 1.29 is 14.4 Å². The fraction of sp³-hybridized carbons (Fsp3) is 0.174. The molecule has 1 aromatic heterocycles. The van der Waals surface area contributed by atoms with Crippen LogP contribution < -0.4 is 10.6 Å². The summed E-state index contributed by atoms with van der Waals surface area (Å²) in [4.78, 5) is 46.8. The summed E-state index contributed by atoms with van der Waals surface area (Å²) in [6.45, 7) is 3.84. The lowest BCUT2D eigenvalue weighted by Gasteiger charge is -2.13. The third-order valence-corrected chi connectivity index (χ3v) is 4.85. The van der Waals surface area contributed by atoms with E-state index in [1.807, 2.05) is 19.9 Å². The Morgan fingerprint density at radius 3 is 2.00 bits per heavy atom. The summed E-state index contributed by atoms with van der Waals surface area (Å²) in [5, 5.41) is 5.91. The Morgan fingerprint density at radius 2 is 1.42 bits per heavy atom. The van der Waals surface area contributed by atoms with Gasteiger partial charge < -0.3 is 10.6 Å². The molecule has 1 aliphatic heterocycles. The molecular weight excluding hydrogens is 394 g/mol. The van der Waals surface area contributed by atoms with Crippen LogP contribution in [0.25, 0.3) is 0 Å². The maximum Gasteiger partial charge on any atom is 0.261 e. The van der Waals surface area contributed by atoms with Gasteiger partial charge in [0.15, 0.2) is 0 Å². The van der Waals surface area contributed by atoms with Gasteiger partial charge in [0.2, 0.25) is 11.9 Å². The second kappa shape index (κ2) is 8.35. The Hall–Kier alpha value is -4.07. The van der Waals surface area contributed by atoms with Crippen molar-refractivity contribution in [3.63, 3.8) is 0 Å². The highest BCUT2D eigenvalue weighted by molar-refractivity contribution is 6.21. The van der Waals surface area contributed by atoms with Crippen LogP contribution in [-0.2, 0) is 4.79 Å². The zero-order chi connectivity index (χ0) is 22.0. The molecule has 0 aliphatic carbocycles. The molecule has 0 spiro atoms. The van der Waals surface area contributed by atoms with E-state index >= 15 is 0 Å². The van der Waals surface area contributed by atoms with Crippen molar-refractivity contribution in [2.45, 2.75) is 20.3 Å². The number of nitrogens with zero attached hydrogens (tertiary/aromatic N) is 3. The molecule has 0 atom stereocenters. The molecule has 0 fully saturated rings. The number of carbonyl (C=O) groups excluding carboxylic acids is 3. The molecule has 2 N–H and O–H groups in total. The molecule has 1 aliphatic rings. The van der Waals surface area contributed by atoms with E-state index in [-0.39, 0.29) is 30.7 Å². The molecule has 156 valence electrons. The van der Waals surface area contributed by atoms with E-state index in [1.54, 1.807) is 48.5 Å². The van der Waals surface area contributed by atoms with Crippen molar-refractivity contribution in [3.05, 3.63) is 77.1 Å². The molecule has 3 aromatic rings. The number of benzene rings is 2. The maximum atomic E-state index is 12.4. The van der Waals surface area contributed by atoms with Crippen molar-refractivity contribution >= 4 is 35.0 Å². The summed E-state index contributed by atoms with van der Waals surface area (Å²) in [6.07, 6.45) is 0.0158. The van der Waals surface area contributed by atoms with Crippen LogP contribution >= 0.6 is 0 Å². The van der Waals surface area contributed by atoms with Crippen molar-refractivity contribution in [1.29, 1.82) is 0 Å². The first-order chi connectivity index (χ1) is 14.9. The predicted octanol–water partition coefficient (Wildman–Crippen LogP) is 3.46. The maximum absolute atomic E-state index is 12.4. The number of amides is 3. The molecule has 8 heteroatoms. The number of nitrogens with one attached hydrogen (secondary N) is 2. The third-order valence-electron chi connectivity index (χ3n) is 4.85. The molecule has 8 nitrogen and oxygen atoms in total. The van der Waals surface area contributed by atoms with Gasteiger partial charge in [-0.2, -0.15) is 0 Å². The van der Waals surface area contributed by atoms with Crippen LogP contribution in [0.2, 0.25) is 0 Å². The minimum Gasteiger partial charge on any atom is -0.326 e. The van der Waals surface area contributed by atoms with E-state index in [1.165, 1.54) is 0 Å². The molecule has 0 bridgehead atoms. The predicted molar refractivity (Wildman–Crippen MR) is 116 cm³/mol. The zero-order valence-corrected chi connectivity index (χ0v) is 17.2. The highest BCUT2D eigenvalue weighted by atomic mass is 16.2. The van der Waals surface area contributed by atoms with Crippen LogP contribution in [0, 0.1) is 13.8 Å². The first-order valence-corrected chi connectivity index (χ1v) is 9.85. The molecule has 0 unspecified atom stereocenters. The van der Waals surface area contributed by atoms with E-state index in [2.05, 4.69) is 20.6 Å². The van der Waals surface area contributed by atoms with Gasteiger partial charge in [0.05, 0.1) is 11.1 Å². The van der Waals surface area contributed by atoms with Gasteiger partial charge in [-0.1, -0.05) is 12.1 Å². The summed E-state index contributed by atoms with van der Waals surface area (Å²) >= 11 is 0. The van der Waals surface area contributed by atoms with E-state index in [9.17, 15) is 14.4 Å². The topological polar surface area (TPSA) is 104 Å². The van der Waals surface area contributed by atoms with E-state index in [4.69, 9.17) is 0 Å². The smallest absolute Gasteiger partial charge is 0.261 e. The average Bonchev–Trinajstić information content (AvgIpc) is 2.97. The summed E-state index contributed by atoms with van der Waals surface area (Å²) in [5.74, 6) is -0.500. The number of carbonyl (C=O) groups is 3. The highest BCUT2D eigenvalue weighted by Gasteiger charge is 2.34. The largest absolute Gasteiger partial charge is 0.326 e. The monoisotopic (exact) mass is 415 g/mol. The molecule has 3 amide bonds. The van der Waals surface area contributed by atoms with Gasteiger partial charge in [-0.3, -0.25) is 19.3 Å².